The molecular formula is C19H27N3O3. The number of ether oxygens (including phenoxy) is 2. The highest BCUT2D eigenvalue weighted by atomic mass is 16.5. The maximum absolute atomic E-state index is 12.6. The molecule has 0 aliphatic carbocycles. The number of morpholine rings is 1. The molecule has 4 rings (SSSR count). The Hall–Kier alpha value is -1.50. The minimum absolute atomic E-state index is 0.269. The summed E-state index contributed by atoms with van der Waals surface area (Å²) < 4.78 is 11.2. The van der Waals surface area contributed by atoms with E-state index in [1.54, 1.807) is 0 Å². The van der Waals surface area contributed by atoms with Crippen LogP contribution in [0.15, 0.2) is 24.5 Å². The molecule has 3 aliphatic rings. The number of nitrogens with zero attached hydrogens (tertiary/aromatic N) is 3. The first-order valence-corrected chi connectivity index (χ1v) is 9.34. The van der Waals surface area contributed by atoms with E-state index in [1.807, 2.05) is 17.3 Å². The fourth-order valence-electron chi connectivity index (χ4n) is 4.45. The molecule has 1 aromatic rings. The van der Waals surface area contributed by atoms with E-state index in [1.165, 1.54) is 5.56 Å². The summed E-state index contributed by atoms with van der Waals surface area (Å²) in [6.45, 7) is 7.44. The number of amides is 1. The molecule has 3 aliphatic heterocycles. The molecule has 136 valence electrons. The van der Waals surface area contributed by atoms with Crippen molar-refractivity contribution in [3.05, 3.63) is 30.1 Å². The number of rotatable bonds is 4. The largest absolute Gasteiger partial charge is 0.381 e. The summed E-state index contributed by atoms with van der Waals surface area (Å²) in [5.74, 6) is 1.74. The van der Waals surface area contributed by atoms with Crippen LogP contribution in [0.4, 0.5) is 0 Å². The number of carbonyl (C=O) groups is 1. The van der Waals surface area contributed by atoms with Gasteiger partial charge >= 0.3 is 0 Å². The lowest BCUT2D eigenvalue weighted by atomic mass is 9.81. The third kappa shape index (κ3) is 4.02. The van der Waals surface area contributed by atoms with Crippen molar-refractivity contribution in [2.45, 2.75) is 13.0 Å². The third-order valence-electron chi connectivity index (χ3n) is 5.79. The molecule has 6 heteroatoms. The number of pyridine rings is 1. The van der Waals surface area contributed by atoms with E-state index in [2.05, 4.69) is 22.0 Å². The van der Waals surface area contributed by atoms with E-state index >= 15 is 0 Å². The lowest BCUT2D eigenvalue weighted by molar-refractivity contribution is -0.138. The second-order valence-corrected chi connectivity index (χ2v) is 7.47. The molecular weight excluding hydrogens is 318 g/mol. The van der Waals surface area contributed by atoms with Crippen LogP contribution in [0.2, 0.25) is 0 Å². The SMILES string of the molecule is O=C(C[C@@H]1COC[C@H]2CN(Cc3ccncc3)C[C@@H]12)N1CCOCC1. The van der Waals surface area contributed by atoms with E-state index in [4.69, 9.17) is 9.47 Å². The van der Waals surface area contributed by atoms with Gasteiger partial charge in [-0.05, 0) is 35.4 Å². The van der Waals surface area contributed by atoms with Gasteiger partial charge in [-0.25, -0.2) is 0 Å². The van der Waals surface area contributed by atoms with Gasteiger partial charge in [0.15, 0.2) is 0 Å². The summed E-state index contributed by atoms with van der Waals surface area (Å²) in [6.07, 6.45) is 4.32. The topological polar surface area (TPSA) is 54.9 Å². The summed E-state index contributed by atoms with van der Waals surface area (Å²) >= 11 is 0. The molecule has 25 heavy (non-hydrogen) atoms. The number of aromatic nitrogens is 1. The van der Waals surface area contributed by atoms with Crippen LogP contribution < -0.4 is 0 Å². The molecule has 0 aromatic carbocycles. The second kappa shape index (κ2) is 7.81. The molecule has 0 bridgehead atoms. The highest BCUT2D eigenvalue weighted by Gasteiger charge is 2.41. The average Bonchev–Trinajstić information content (AvgIpc) is 3.07. The Bertz CT molecular complexity index is 577. The van der Waals surface area contributed by atoms with Crippen LogP contribution in [0, 0.1) is 17.8 Å². The zero-order valence-electron chi connectivity index (χ0n) is 14.7. The molecule has 6 nitrogen and oxygen atoms in total. The summed E-state index contributed by atoms with van der Waals surface area (Å²) in [7, 11) is 0. The molecule has 0 N–H and O–H groups in total. The zero-order valence-corrected chi connectivity index (χ0v) is 14.7. The van der Waals surface area contributed by atoms with Crippen molar-refractivity contribution in [1.82, 2.24) is 14.8 Å². The minimum atomic E-state index is 0.269. The number of carbonyl (C=O) groups excluding carboxylic acids is 1. The molecule has 3 fully saturated rings. The standard InChI is InChI=1S/C19H27N3O3/c23-19(22-5-7-24-8-6-22)9-16-13-25-14-17-11-21(12-18(16)17)10-15-1-3-20-4-2-15/h1-4,16-18H,5-14H2/t16-,17-,18+/m1/s1. The van der Waals surface area contributed by atoms with Crippen molar-refractivity contribution >= 4 is 5.91 Å². The maximum atomic E-state index is 12.6. The molecule has 0 saturated carbocycles. The Labute approximate surface area is 149 Å². The summed E-state index contributed by atoms with van der Waals surface area (Å²) in [5.41, 5.74) is 1.30. The van der Waals surface area contributed by atoms with Crippen molar-refractivity contribution in [3.63, 3.8) is 0 Å². The van der Waals surface area contributed by atoms with Gasteiger partial charge in [0.2, 0.25) is 5.91 Å². The van der Waals surface area contributed by atoms with Gasteiger partial charge in [-0.15, -0.1) is 0 Å². The Balaban J connectivity index is 1.35. The van der Waals surface area contributed by atoms with E-state index < -0.39 is 0 Å². The van der Waals surface area contributed by atoms with Crippen LogP contribution in [0.25, 0.3) is 0 Å². The first kappa shape index (κ1) is 16.9. The van der Waals surface area contributed by atoms with Crippen LogP contribution >= 0.6 is 0 Å². The lowest BCUT2D eigenvalue weighted by Crippen LogP contribution is -2.44. The monoisotopic (exact) mass is 345 g/mol. The van der Waals surface area contributed by atoms with Gasteiger partial charge in [0, 0.05) is 51.5 Å². The predicted molar refractivity (Wildman–Crippen MR) is 92.8 cm³/mol. The van der Waals surface area contributed by atoms with Crippen molar-refractivity contribution in [1.29, 1.82) is 0 Å². The Morgan fingerprint density at radius 2 is 1.92 bits per heavy atom. The van der Waals surface area contributed by atoms with Gasteiger partial charge in [0.05, 0.1) is 26.4 Å². The molecule has 0 spiro atoms. The summed E-state index contributed by atoms with van der Waals surface area (Å²) in [4.78, 5) is 21.2. The predicted octanol–water partition coefficient (Wildman–Crippen LogP) is 1.02. The van der Waals surface area contributed by atoms with Crippen molar-refractivity contribution in [3.8, 4) is 0 Å². The van der Waals surface area contributed by atoms with Crippen LogP contribution in [-0.4, -0.2) is 73.3 Å². The van der Waals surface area contributed by atoms with E-state index in [0.29, 0.717) is 37.4 Å². The van der Waals surface area contributed by atoms with Crippen molar-refractivity contribution in [2.24, 2.45) is 17.8 Å². The fourth-order valence-corrected chi connectivity index (χ4v) is 4.45. The number of fused-ring (bicyclic) bond motifs is 1. The minimum Gasteiger partial charge on any atom is -0.381 e. The smallest absolute Gasteiger partial charge is 0.223 e. The Kier molecular flexibility index (Phi) is 5.29. The fraction of sp³-hybridized carbons (Fsp3) is 0.684. The lowest BCUT2D eigenvalue weighted by Gasteiger charge is -2.35. The van der Waals surface area contributed by atoms with Gasteiger partial charge in [-0.2, -0.15) is 0 Å². The van der Waals surface area contributed by atoms with Crippen LogP contribution in [0.3, 0.4) is 0 Å². The second-order valence-electron chi connectivity index (χ2n) is 7.47. The Morgan fingerprint density at radius 3 is 2.72 bits per heavy atom. The van der Waals surface area contributed by atoms with Crippen molar-refractivity contribution in [2.75, 3.05) is 52.6 Å². The highest BCUT2D eigenvalue weighted by Crippen LogP contribution is 2.36. The normalized spacial score (nSPS) is 30.2. The molecule has 4 heterocycles. The van der Waals surface area contributed by atoms with Gasteiger partial charge in [0.25, 0.3) is 0 Å². The van der Waals surface area contributed by atoms with Crippen LogP contribution in [0.5, 0.6) is 0 Å². The molecule has 1 amide bonds. The molecule has 1 aromatic heterocycles. The van der Waals surface area contributed by atoms with Crippen LogP contribution in [0.1, 0.15) is 12.0 Å². The number of likely N-dealkylation sites (tertiary alicyclic amines) is 1. The highest BCUT2D eigenvalue weighted by molar-refractivity contribution is 5.76. The summed E-state index contributed by atoms with van der Waals surface area (Å²) in [5, 5.41) is 0. The van der Waals surface area contributed by atoms with Gasteiger partial charge in [-0.3, -0.25) is 14.7 Å². The maximum Gasteiger partial charge on any atom is 0.223 e. The van der Waals surface area contributed by atoms with Crippen molar-refractivity contribution < 1.29 is 14.3 Å². The zero-order chi connectivity index (χ0) is 17.1. The quantitative estimate of drug-likeness (QED) is 0.816. The third-order valence-corrected chi connectivity index (χ3v) is 5.79. The molecule has 3 atom stereocenters. The van der Waals surface area contributed by atoms with E-state index in [0.717, 1.165) is 45.9 Å². The van der Waals surface area contributed by atoms with E-state index in [9.17, 15) is 4.79 Å². The van der Waals surface area contributed by atoms with Gasteiger partial charge < -0.3 is 14.4 Å². The molecule has 0 unspecified atom stereocenters. The number of hydrogen-bond donors (Lipinski definition) is 0. The van der Waals surface area contributed by atoms with Crippen LogP contribution in [-0.2, 0) is 20.8 Å². The summed E-state index contributed by atoms with van der Waals surface area (Å²) in [6, 6.07) is 4.16. The molecule has 0 radical (unpaired) electrons. The van der Waals surface area contributed by atoms with E-state index in [-0.39, 0.29) is 5.91 Å². The average molecular weight is 345 g/mol. The Morgan fingerprint density at radius 1 is 1.12 bits per heavy atom. The van der Waals surface area contributed by atoms with Gasteiger partial charge in [-0.1, -0.05) is 0 Å². The first-order valence-electron chi connectivity index (χ1n) is 9.34. The molecule has 3 saturated heterocycles. The first-order chi connectivity index (χ1) is 12.3. The van der Waals surface area contributed by atoms with Gasteiger partial charge in [0.1, 0.15) is 0 Å². The number of hydrogen-bond acceptors (Lipinski definition) is 5.